The monoisotopic (exact) mass is 453 g/mol. The van der Waals surface area contributed by atoms with Gasteiger partial charge in [-0.3, -0.25) is 4.90 Å². The van der Waals surface area contributed by atoms with Crippen molar-refractivity contribution in [2.45, 2.75) is 25.2 Å². The highest BCUT2D eigenvalue weighted by Gasteiger charge is 2.31. The molecule has 0 aromatic heterocycles. The number of likely N-dealkylation sites (tertiary alicyclic amines) is 1. The molecule has 122 valence electrons. The van der Waals surface area contributed by atoms with E-state index in [1.54, 1.807) is 0 Å². The van der Waals surface area contributed by atoms with Crippen LogP contribution in [0.2, 0.25) is 10.0 Å². The number of ether oxygens (including phenoxy) is 1. The molecular formula is C17H22Cl2INO. The Balaban J connectivity index is 1.68. The first-order chi connectivity index (χ1) is 10.7. The van der Waals surface area contributed by atoms with Crippen LogP contribution in [0.3, 0.4) is 0 Å². The third-order valence-corrected chi connectivity index (χ3v) is 6.45. The zero-order valence-corrected chi connectivity index (χ0v) is 16.3. The number of piperidine rings is 1. The fraction of sp³-hybridized carbons (Fsp3) is 0.647. The average molecular weight is 454 g/mol. The van der Waals surface area contributed by atoms with E-state index in [-0.39, 0.29) is 0 Å². The summed E-state index contributed by atoms with van der Waals surface area (Å²) >= 11 is 14.7. The standard InChI is InChI=1S/C17H22Cl2INO/c18-16-4-3-13(7-17(16)19)15-5-6-21(11-20)8-14(15)10-22-9-12-1-2-12/h3-4,7,12,14-15H,1-2,5-6,8-11H2. The van der Waals surface area contributed by atoms with E-state index in [2.05, 4.69) is 33.6 Å². The van der Waals surface area contributed by atoms with Gasteiger partial charge in [0, 0.05) is 19.1 Å². The van der Waals surface area contributed by atoms with Gasteiger partial charge >= 0.3 is 0 Å². The molecule has 0 radical (unpaired) electrons. The van der Waals surface area contributed by atoms with Crippen LogP contribution in [0.1, 0.15) is 30.7 Å². The van der Waals surface area contributed by atoms with Crippen molar-refractivity contribution in [3.8, 4) is 0 Å². The zero-order chi connectivity index (χ0) is 15.5. The second kappa shape index (κ2) is 8.02. The summed E-state index contributed by atoms with van der Waals surface area (Å²) < 4.78 is 7.10. The Kier molecular flexibility index (Phi) is 6.30. The minimum Gasteiger partial charge on any atom is -0.381 e. The second-order valence-corrected chi connectivity index (χ2v) is 8.00. The fourth-order valence-electron chi connectivity index (χ4n) is 3.24. The lowest BCUT2D eigenvalue weighted by Gasteiger charge is -2.38. The highest BCUT2D eigenvalue weighted by atomic mass is 127. The quantitative estimate of drug-likeness (QED) is 0.332. The van der Waals surface area contributed by atoms with E-state index in [9.17, 15) is 0 Å². The predicted molar refractivity (Wildman–Crippen MR) is 101 cm³/mol. The summed E-state index contributed by atoms with van der Waals surface area (Å²) in [5.41, 5.74) is 1.31. The first kappa shape index (κ1) is 17.3. The lowest BCUT2D eigenvalue weighted by molar-refractivity contribution is 0.0502. The van der Waals surface area contributed by atoms with Crippen LogP contribution >= 0.6 is 45.8 Å². The molecule has 0 spiro atoms. The zero-order valence-electron chi connectivity index (χ0n) is 12.6. The van der Waals surface area contributed by atoms with Crippen LogP contribution in [0, 0.1) is 11.8 Å². The summed E-state index contributed by atoms with van der Waals surface area (Å²) in [5, 5.41) is 1.30. The van der Waals surface area contributed by atoms with Crippen molar-refractivity contribution in [2.75, 3.05) is 30.9 Å². The van der Waals surface area contributed by atoms with Crippen LogP contribution in [0.25, 0.3) is 0 Å². The largest absolute Gasteiger partial charge is 0.381 e. The Morgan fingerprint density at radius 2 is 1.95 bits per heavy atom. The molecule has 1 aliphatic carbocycles. The number of halogens is 3. The predicted octanol–water partition coefficient (Wildman–Crippen LogP) is 5.22. The van der Waals surface area contributed by atoms with Gasteiger partial charge in [0.05, 0.1) is 21.2 Å². The minimum atomic E-state index is 0.521. The number of nitrogens with zero attached hydrogens (tertiary/aromatic N) is 1. The van der Waals surface area contributed by atoms with E-state index in [0.29, 0.717) is 21.9 Å². The summed E-state index contributed by atoms with van der Waals surface area (Å²) in [7, 11) is 0. The van der Waals surface area contributed by atoms with Crippen molar-refractivity contribution in [3.63, 3.8) is 0 Å². The van der Waals surface area contributed by atoms with Crippen molar-refractivity contribution in [2.24, 2.45) is 11.8 Å². The SMILES string of the molecule is Clc1ccc(C2CCN(CI)CC2COCC2CC2)cc1Cl. The molecule has 22 heavy (non-hydrogen) atoms. The molecule has 1 heterocycles. The third kappa shape index (κ3) is 4.50. The maximum absolute atomic E-state index is 6.22. The minimum absolute atomic E-state index is 0.521. The summed E-state index contributed by atoms with van der Waals surface area (Å²) in [6, 6.07) is 6.10. The van der Waals surface area contributed by atoms with Gasteiger partial charge in [-0.25, -0.2) is 0 Å². The van der Waals surface area contributed by atoms with E-state index in [4.69, 9.17) is 27.9 Å². The van der Waals surface area contributed by atoms with Crippen LogP contribution in [-0.2, 0) is 4.74 Å². The van der Waals surface area contributed by atoms with Gasteiger partial charge in [-0.2, -0.15) is 0 Å². The number of rotatable bonds is 6. The molecule has 2 atom stereocenters. The first-order valence-electron chi connectivity index (χ1n) is 7.98. The first-order valence-corrected chi connectivity index (χ1v) is 10.3. The van der Waals surface area contributed by atoms with Gasteiger partial charge in [-0.1, -0.05) is 51.9 Å². The van der Waals surface area contributed by atoms with Crippen LogP contribution in [0.15, 0.2) is 18.2 Å². The molecule has 1 aromatic rings. The molecule has 3 rings (SSSR count). The Hall–Kier alpha value is 0.450. The summed E-state index contributed by atoms with van der Waals surface area (Å²) in [6.07, 6.45) is 3.86. The second-order valence-electron chi connectivity index (χ2n) is 6.51. The summed E-state index contributed by atoms with van der Waals surface area (Å²) in [6.45, 7) is 4.05. The van der Waals surface area contributed by atoms with Gasteiger partial charge in [-0.15, -0.1) is 0 Å². The lowest BCUT2D eigenvalue weighted by atomic mass is 9.81. The maximum atomic E-state index is 6.22. The van der Waals surface area contributed by atoms with Gasteiger partial charge in [0.15, 0.2) is 0 Å². The Morgan fingerprint density at radius 1 is 1.14 bits per heavy atom. The smallest absolute Gasteiger partial charge is 0.0595 e. The maximum Gasteiger partial charge on any atom is 0.0595 e. The Morgan fingerprint density at radius 3 is 2.64 bits per heavy atom. The van der Waals surface area contributed by atoms with Gasteiger partial charge in [0.2, 0.25) is 0 Å². The van der Waals surface area contributed by atoms with Crippen molar-refractivity contribution in [1.29, 1.82) is 0 Å². The number of hydrogen-bond donors (Lipinski definition) is 0. The summed E-state index contributed by atoms with van der Waals surface area (Å²) in [5.74, 6) is 1.89. The Labute approximate surface area is 156 Å². The molecule has 1 aromatic carbocycles. The van der Waals surface area contributed by atoms with Crippen LogP contribution in [0.4, 0.5) is 0 Å². The molecule has 2 fully saturated rings. The molecule has 2 aliphatic rings. The molecule has 0 amide bonds. The van der Waals surface area contributed by atoms with E-state index >= 15 is 0 Å². The van der Waals surface area contributed by atoms with Crippen LogP contribution in [-0.4, -0.2) is 35.8 Å². The highest BCUT2D eigenvalue weighted by molar-refractivity contribution is 14.1. The molecular weight excluding hydrogens is 432 g/mol. The van der Waals surface area contributed by atoms with Crippen molar-refractivity contribution < 1.29 is 4.74 Å². The van der Waals surface area contributed by atoms with Gasteiger partial charge in [0.1, 0.15) is 0 Å². The number of hydrogen-bond acceptors (Lipinski definition) is 2. The third-order valence-electron chi connectivity index (χ3n) is 4.74. The molecule has 5 heteroatoms. The normalized spacial score (nSPS) is 26.3. The molecule has 2 nitrogen and oxygen atoms in total. The van der Waals surface area contributed by atoms with E-state index in [1.807, 2.05) is 12.1 Å². The van der Waals surface area contributed by atoms with E-state index in [1.165, 1.54) is 24.8 Å². The molecule has 1 saturated carbocycles. The van der Waals surface area contributed by atoms with E-state index in [0.717, 1.165) is 36.8 Å². The number of benzene rings is 1. The van der Waals surface area contributed by atoms with Gasteiger partial charge in [0.25, 0.3) is 0 Å². The molecule has 0 bridgehead atoms. The van der Waals surface area contributed by atoms with E-state index < -0.39 is 0 Å². The topological polar surface area (TPSA) is 12.5 Å². The number of alkyl halides is 1. The highest BCUT2D eigenvalue weighted by Crippen LogP contribution is 2.37. The summed E-state index contributed by atoms with van der Waals surface area (Å²) in [4.78, 5) is 2.51. The average Bonchev–Trinajstić information content (AvgIpc) is 3.34. The molecule has 1 aliphatic heterocycles. The lowest BCUT2D eigenvalue weighted by Crippen LogP contribution is -2.40. The van der Waals surface area contributed by atoms with Crippen molar-refractivity contribution >= 4 is 45.8 Å². The molecule has 0 N–H and O–H groups in total. The van der Waals surface area contributed by atoms with Crippen LogP contribution in [0.5, 0.6) is 0 Å². The fourth-order valence-corrected chi connectivity index (χ4v) is 4.16. The van der Waals surface area contributed by atoms with Gasteiger partial charge < -0.3 is 4.74 Å². The Bertz CT molecular complexity index is 509. The van der Waals surface area contributed by atoms with Crippen molar-refractivity contribution in [3.05, 3.63) is 33.8 Å². The van der Waals surface area contributed by atoms with Crippen LogP contribution < -0.4 is 0 Å². The van der Waals surface area contributed by atoms with Crippen molar-refractivity contribution in [1.82, 2.24) is 4.90 Å². The molecule has 2 unspecified atom stereocenters. The molecule has 1 saturated heterocycles. The van der Waals surface area contributed by atoms with Gasteiger partial charge in [-0.05, 0) is 55.3 Å².